The van der Waals surface area contributed by atoms with E-state index in [9.17, 15) is 14.4 Å². The second-order valence-corrected chi connectivity index (χ2v) is 6.26. The van der Waals surface area contributed by atoms with E-state index in [1.165, 1.54) is 20.8 Å². The van der Waals surface area contributed by atoms with Gasteiger partial charge >= 0.3 is 0 Å². The zero-order valence-corrected chi connectivity index (χ0v) is 15.0. The number of halogens is 1. The van der Waals surface area contributed by atoms with Crippen molar-refractivity contribution in [2.75, 3.05) is 0 Å². The summed E-state index contributed by atoms with van der Waals surface area (Å²) in [5.41, 5.74) is 1.22. The number of allylic oxidation sites excluding steroid dienone is 1. The molecule has 5 nitrogen and oxygen atoms in total. The first-order chi connectivity index (χ1) is 11.7. The molecule has 2 aromatic rings. The largest absolute Gasteiger partial charge is 0.360 e. The van der Waals surface area contributed by atoms with E-state index in [0.29, 0.717) is 16.3 Å². The average Bonchev–Trinajstić information content (AvgIpc) is 3.00. The van der Waals surface area contributed by atoms with Crippen LogP contribution in [0.1, 0.15) is 32.4 Å². The molecule has 0 bridgehead atoms. The van der Waals surface area contributed by atoms with Gasteiger partial charge in [-0.15, -0.1) is 0 Å². The quantitative estimate of drug-likeness (QED) is 0.551. The van der Waals surface area contributed by atoms with E-state index in [1.807, 2.05) is 0 Å². The normalized spacial score (nSPS) is 12.0. The predicted octanol–water partition coefficient (Wildman–Crippen LogP) is 4.02. The molecule has 0 fully saturated rings. The third-order valence-electron chi connectivity index (χ3n) is 4.02. The highest BCUT2D eigenvalue weighted by molar-refractivity contribution is 6.33. The van der Waals surface area contributed by atoms with E-state index in [-0.39, 0.29) is 28.7 Å². The number of carbonyl (C=O) groups is 3. The minimum atomic E-state index is -1.05. The molecule has 0 saturated heterocycles. The van der Waals surface area contributed by atoms with Gasteiger partial charge in [-0.2, -0.15) is 0 Å². The summed E-state index contributed by atoms with van der Waals surface area (Å²) >= 11 is 6.16. The maximum absolute atomic E-state index is 12.0. The summed E-state index contributed by atoms with van der Waals surface area (Å²) in [4.78, 5) is 35.8. The van der Waals surface area contributed by atoms with Gasteiger partial charge < -0.3 is 4.52 Å². The number of benzene rings is 1. The Morgan fingerprint density at radius 1 is 1.12 bits per heavy atom. The minimum Gasteiger partial charge on any atom is -0.360 e. The molecule has 0 aliphatic heterocycles. The van der Waals surface area contributed by atoms with E-state index in [2.05, 4.69) is 11.7 Å². The third kappa shape index (κ3) is 3.94. The van der Waals surface area contributed by atoms with Crippen LogP contribution in [0.3, 0.4) is 0 Å². The van der Waals surface area contributed by atoms with Gasteiger partial charge in [0.05, 0.1) is 16.9 Å². The van der Waals surface area contributed by atoms with E-state index in [1.54, 1.807) is 30.3 Å². The Bertz CT molecular complexity index is 839. The van der Waals surface area contributed by atoms with Crippen molar-refractivity contribution in [2.24, 2.45) is 5.92 Å². The van der Waals surface area contributed by atoms with Gasteiger partial charge in [0.2, 0.25) is 0 Å². The zero-order chi connectivity index (χ0) is 18.7. The van der Waals surface area contributed by atoms with Crippen LogP contribution in [-0.4, -0.2) is 22.5 Å². The van der Waals surface area contributed by atoms with E-state index < -0.39 is 11.8 Å². The summed E-state index contributed by atoms with van der Waals surface area (Å²) in [6.45, 7) is 7.69. The number of hydrogen-bond donors (Lipinski definition) is 0. The lowest BCUT2D eigenvalue weighted by Crippen LogP contribution is -2.29. The number of carbonyl (C=O) groups excluding carboxylic acids is 3. The first-order valence-electron chi connectivity index (χ1n) is 7.66. The standard InChI is InChI=1S/C19H18ClNO4/c1-10(11(2)22)18(19(12(3)23)13(4)24)17-9-16(21-25-17)14-7-5-6-8-15(14)20/h5-9,18-19H,1H2,2-4H3. The van der Waals surface area contributed by atoms with Crippen LogP contribution in [0, 0.1) is 5.92 Å². The maximum Gasteiger partial charge on any atom is 0.155 e. The summed E-state index contributed by atoms with van der Waals surface area (Å²) in [5.74, 6) is -2.77. The van der Waals surface area contributed by atoms with Gasteiger partial charge in [-0.1, -0.05) is 41.5 Å². The molecule has 25 heavy (non-hydrogen) atoms. The molecule has 1 atom stereocenters. The molecule has 6 heteroatoms. The van der Waals surface area contributed by atoms with Crippen molar-refractivity contribution in [3.05, 3.63) is 53.3 Å². The summed E-state index contributed by atoms with van der Waals surface area (Å²) in [6, 6.07) is 8.65. The van der Waals surface area contributed by atoms with Crippen LogP contribution in [0.5, 0.6) is 0 Å². The van der Waals surface area contributed by atoms with Crippen LogP contribution >= 0.6 is 11.6 Å². The molecule has 2 rings (SSSR count). The Kier molecular flexibility index (Phi) is 5.69. The van der Waals surface area contributed by atoms with E-state index >= 15 is 0 Å². The van der Waals surface area contributed by atoms with Crippen molar-refractivity contribution >= 4 is 29.0 Å². The molecule has 0 aliphatic rings. The molecule has 1 aromatic carbocycles. The van der Waals surface area contributed by atoms with Crippen LogP contribution in [0.4, 0.5) is 0 Å². The molecule has 0 radical (unpaired) electrons. The van der Waals surface area contributed by atoms with E-state index in [0.717, 1.165) is 0 Å². The lowest BCUT2D eigenvalue weighted by Gasteiger charge is -2.21. The summed E-state index contributed by atoms with van der Waals surface area (Å²) < 4.78 is 5.36. The van der Waals surface area contributed by atoms with Crippen LogP contribution < -0.4 is 0 Å². The second-order valence-electron chi connectivity index (χ2n) is 5.85. The Morgan fingerprint density at radius 2 is 1.72 bits per heavy atom. The van der Waals surface area contributed by atoms with Crippen LogP contribution in [0.25, 0.3) is 11.3 Å². The monoisotopic (exact) mass is 359 g/mol. The Balaban J connectivity index is 2.54. The number of ketones is 3. The molecule has 1 aromatic heterocycles. The molecule has 0 saturated carbocycles. The van der Waals surface area contributed by atoms with Crippen molar-refractivity contribution in [1.29, 1.82) is 0 Å². The van der Waals surface area contributed by atoms with Gasteiger partial charge in [-0.3, -0.25) is 14.4 Å². The van der Waals surface area contributed by atoms with Crippen molar-refractivity contribution in [3.8, 4) is 11.3 Å². The fourth-order valence-electron chi connectivity index (χ4n) is 2.74. The Morgan fingerprint density at radius 3 is 2.24 bits per heavy atom. The molecular weight excluding hydrogens is 342 g/mol. The Hall–Kier alpha value is -2.53. The predicted molar refractivity (Wildman–Crippen MR) is 94.4 cm³/mol. The maximum atomic E-state index is 12.0. The lowest BCUT2D eigenvalue weighted by molar-refractivity contribution is -0.131. The van der Waals surface area contributed by atoms with Crippen LogP contribution in [0.15, 0.2) is 47.0 Å². The Labute approximate surface area is 150 Å². The van der Waals surface area contributed by atoms with Gasteiger partial charge in [0.25, 0.3) is 0 Å². The highest BCUT2D eigenvalue weighted by Gasteiger charge is 2.37. The van der Waals surface area contributed by atoms with Gasteiger partial charge in [0.15, 0.2) is 5.78 Å². The van der Waals surface area contributed by atoms with Crippen molar-refractivity contribution in [2.45, 2.75) is 26.7 Å². The number of hydrogen-bond acceptors (Lipinski definition) is 5. The molecule has 0 N–H and O–H groups in total. The molecule has 0 amide bonds. The zero-order valence-electron chi connectivity index (χ0n) is 14.2. The average molecular weight is 360 g/mol. The van der Waals surface area contributed by atoms with Crippen molar-refractivity contribution < 1.29 is 18.9 Å². The number of nitrogens with zero attached hydrogens (tertiary/aromatic N) is 1. The highest BCUT2D eigenvalue weighted by atomic mass is 35.5. The smallest absolute Gasteiger partial charge is 0.155 e. The van der Waals surface area contributed by atoms with Gasteiger partial charge in [-0.05, 0) is 32.4 Å². The summed E-state index contributed by atoms with van der Waals surface area (Å²) in [6.07, 6.45) is 0. The SMILES string of the molecule is C=C(C(C)=O)C(c1cc(-c2ccccc2Cl)no1)C(C(C)=O)C(C)=O. The van der Waals surface area contributed by atoms with Gasteiger partial charge in [-0.25, -0.2) is 0 Å². The first-order valence-corrected chi connectivity index (χ1v) is 8.04. The minimum absolute atomic E-state index is 0.122. The molecule has 1 heterocycles. The second kappa shape index (κ2) is 7.57. The fourth-order valence-corrected chi connectivity index (χ4v) is 2.98. The molecule has 1 unspecified atom stereocenters. The van der Waals surface area contributed by atoms with Gasteiger partial charge in [0, 0.05) is 11.6 Å². The molecule has 0 spiro atoms. The summed E-state index contributed by atoms with van der Waals surface area (Å²) in [5, 5.41) is 4.46. The van der Waals surface area contributed by atoms with E-state index in [4.69, 9.17) is 16.1 Å². The van der Waals surface area contributed by atoms with Crippen LogP contribution in [-0.2, 0) is 14.4 Å². The number of rotatable bonds is 7. The van der Waals surface area contributed by atoms with Crippen molar-refractivity contribution in [3.63, 3.8) is 0 Å². The van der Waals surface area contributed by atoms with Crippen molar-refractivity contribution in [1.82, 2.24) is 5.16 Å². The third-order valence-corrected chi connectivity index (χ3v) is 4.35. The topological polar surface area (TPSA) is 77.2 Å². The van der Waals surface area contributed by atoms with Gasteiger partial charge in [0.1, 0.15) is 23.0 Å². The number of aromatic nitrogens is 1. The van der Waals surface area contributed by atoms with Crippen LogP contribution in [0.2, 0.25) is 5.02 Å². The molecule has 130 valence electrons. The number of Topliss-reactive ketones (excluding diaryl/α,β-unsaturated/α-hetero) is 3. The molecule has 0 aliphatic carbocycles. The lowest BCUT2D eigenvalue weighted by atomic mass is 9.78. The summed E-state index contributed by atoms with van der Waals surface area (Å²) in [7, 11) is 0. The fraction of sp³-hybridized carbons (Fsp3) is 0.263. The highest BCUT2D eigenvalue weighted by Crippen LogP contribution is 2.36. The first kappa shape index (κ1) is 18.8. The molecular formula is C19H18ClNO4.